The van der Waals surface area contributed by atoms with Crippen LogP contribution in [-0.2, 0) is 6.54 Å². The number of rotatable bonds is 8. The summed E-state index contributed by atoms with van der Waals surface area (Å²) in [5.74, 6) is -1.47. The van der Waals surface area contributed by atoms with Gasteiger partial charge in [-0.05, 0) is 56.6 Å². The molecule has 0 amide bonds. The molecule has 1 unspecified atom stereocenters. The third kappa shape index (κ3) is 6.02. The predicted octanol–water partition coefficient (Wildman–Crippen LogP) is 2.76. The molecule has 1 N–H and O–H groups in total. The van der Waals surface area contributed by atoms with Crippen molar-refractivity contribution >= 4 is 0 Å². The predicted molar refractivity (Wildman–Crippen MR) is 99.6 cm³/mol. The smallest absolute Gasteiger partial charge is 0.260 e. The quantitative estimate of drug-likeness (QED) is 0.747. The summed E-state index contributed by atoms with van der Waals surface area (Å²) >= 11 is 0. The van der Waals surface area contributed by atoms with Gasteiger partial charge in [0.05, 0.1) is 13.7 Å². The van der Waals surface area contributed by atoms with Gasteiger partial charge in [0.15, 0.2) is 11.5 Å². The molecular weight excluding hydrogens is 354 g/mol. The Balaban J connectivity index is 1.50. The lowest BCUT2D eigenvalue weighted by Crippen LogP contribution is -2.46. The highest BCUT2D eigenvalue weighted by molar-refractivity contribution is 5.43. The number of nitrogens with zero attached hydrogens (tertiary/aromatic N) is 2. The Morgan fingerprint density at radius 1 is 1.11 bits per heavy atom. The summed E-state index contributed by atoms with van der Waals surface area (Å²) in [6, 6.07) is 5.82. The molecule has 1 aromatic rings. The van der Waals surface area contributed by atoms with Gasteiger partial charge >= 0.3 is 0 Å². The van der Waals surface area contributed by atoms with Crippen molar-refractivity contribution in [2.24, 2.45) is 0 Å². The lowest BCUT2D eigenvalue weighted by Gasteiger charge is -2.33. The van der Waals surface area contributed by atoms with Crippen LogP contribution in [0.3, 0.4) is 0 Å². The van der Waals surface area contributed by atoms with Crippen molar-refractivity contribution in [1.82, 2.24) is 9.80 Å². The van der Waals surface area contributed by atoms with E-state index in [9.17, 15) is 13.9 Å². The first-order valence-electron chi connectivity index (χ1n) is 9.75. The van der Waals surface area contributed by atoms with Crippen molar-refractivity contribution in [1.29, 1.82) is 0 Å². The van der Waals surface area contributed by atoms with E-state index in [-0.39, 0.29) is 26.1 Å². The number of alkyl halides is 2. The van der Waals surface area contributed by atoms with Crippen molar-refractivity contribution in [2.75, 3.05) is 46.4 Å². The van der Waals surface area contributed by atoms with E-state index in [1.165, 1.54) is 12.8 Å². The van der Waals surface area contributed by atoms with Gasteiger partial charge < -0.3 is 14.6 Å². The monoisotopic (exact) mass is 384 g/mol. The van der Waals surface area contributed by atoms with Crippen LogP contribution < -0.4 is 9.47 Å². The summed E-state index contributed by atoms with van der Waals surface area (Å²) in [6.07, 6.45) is 2.05. The number of likely N-dealkylation sites (tertiary alicyclic amines) is 2. The Bertz CT molecular complexity index is 609. The molecule has 152 valence electrons. The molecule has 0 spiro atoms. The molecule has 7 heteroatoms. The molecule has 2 aliphatic heterocycles. The molecule has 0 aliphatic carbocycles. The van der Waals surface area contributed by atoms with Crippen LogP contribution in [0, 0.1) is 0 Å². The Kier molecular flexibility index (Phi) is 6.89. The lowest BCUT2D eigenvalue weighted by atomic mass is 10.1. The minimum absolute atomic E-state index is 0.0455. The molecule has 0 radical (unpaired) electrons. The first kappa shape index (κ1) is 20.3. The first-order chi connectivity index (χ1) is 12.9. The summed E-state index contributed by atoms with van der Waals surface area (Å²) in [4.78, 5) is 4.02. The number of aliphatic hydroxyl groups excluding tert-OH is 1. The van der Waals surface area contributed by atoms with Crippen LogP contribution in [0.2, 0.25) is 0 Å². The Morgan fingerprint density at radius 3 is 2.56 bits per heavy atom. The van der Waals surface area contributed by atoms with E-state index in [4.69, 9.17) is 9.47 Å². The number of piperidine rings is 1. The van der Waals surface area contributed by atoms with Gasteiger partial charge in [-0.15, -0.1) is 0 Å². The maximum Gasteiger partial charge on any atom is 0.260 e. The summed E-state index contributed by atoms with van der Waals surface area (Å²) in [5.41, 5.74) is 1.16. The molecule has 0 bridgehead atoms. The molecule has 1 atom stereocenters. The number of hydrogen-bond acceptors (Lipinski definition) is 5. The highest BCUT2D eigenvalue weighted by atomic mass is 19.3. The summed E-state index contributed by atoms with van der Waals surface area (Å²) in [5, 5.41) is 10.2. The normalized spacial score (nSPS) is 21.9. The zero-order valence-electron chi connectivity index (χ0n) is 16.0. The number of benzene rings is 1. The molecule has 2 saturated heterocycles. The molecule has 0 saturated carbocycles. The van der Waals surface area contributed by atoms with Gasteiger partial charge in [0.2, 0.25) is 0 Å². The average Bonchev–Trinajstić information content (AvgIpc) is 3.12. The van der Waals surface area contributed by atoms with Gasteiger partial charge in [-0.25, -0.2) is 8.78 Å². The molecular formula is C20H30F2N2O3. The highest BCUT2D eigenvalue weighted by Gasteiger charge is 2.35. The zero-order chi connectivity index (χ0) is 19.3. The summed E-state index contributed by atoms with van der Waals surface area (Å²) in [7, 11) is 1.59. The van der Waals surface area contributed by atoms with Crippen LogP contribution in [0.5, 0.6) is 11.5 Å². The van der Waals surface area contributed by atoms with E-state index >= 15 is 0 Å². The van der Waals surface area contributed by atoms with Gasteiger partial charge in [0, 0.05) is 19.5 Å². The fraction of sp³-hybridized carbons (Fsp3) is 0.700. The number of hydrogen-bond donors (Lipinski definition) is 1. The van der Waals surface area contributed by atoms with Crippen molar-refractivity contribution < 1.29 is 23.4 Å². The number of β-amino-alcohol motifs (C(OH)–C–C–N with tert-alkyl or cyclic N) is 1. The van der Waals surface area contributed by atoms with Gasteiger partial charge in [-0.1, -0.05) is 6.07 Å². The van der Waals surface area contributed by atoms with E-state index in [0.29, 0.717) is 24.5 Å². The minimum Gasteiger partial charge on any atom is -0.493 e. The second-order valence-electron chi connectivity index (χ2n) is 7.63. The van der Waals surface area contributed by atoms with Crippen molar-refractivity contribution in [3.63, 3.8) is 0 Å². The Labute approximate surface area is 159 Å². The number of halogens is 2. The largest absolute Gasteiger partial charge is 0.493 e. The lowest BCUT2D eigenvalue weighted by molar-refractivity contribution is -0.0737. The fourth-order valence-corrected chi connectivity index (χ4v) is 3.87. The average molecular weight is 384 g/mol. The van der Waals surface area contributed by atoms with Crippen LogP contribution in [-0.4, -0.2) is 73.4 Å². The molecule has 2 fully saturated rings. The van der Waals surface area contributed by atoms with Crippen LogP contribution in [0.25, 0.3) is 0 Å². The maximum atomic E-state index is 13.5. The van der Waals surface area contributed by atoms with Crippen LogP contribution in [0.4, 0.5) is 8.78 Å². The van der Waals surface area contributed by atoms with E-state index in [1.54, 1.807) is 12.0 Å². The minimum atomic E-state index is -2.66. The van der Waals surface area contributed by atoms with Crippen LogP contribution in [0.1, 0.15) is 31.2 Å². The van der Waals surface area contributed by atoms with Crippen LogP contribution >= 0.6 is 0 Å². The third-order valence-electron chi connectivity index (χ3n) is 5.20. The topological polar surface area (TPSA) is 45.2 Å². The summed E-state index contributed by atoms with van der Waals surface area (Å²) < 4.78 is 38.1. The Hall–Kier alpha value is -1.44. The second-order valence-corrected chi connectivity index (χ2v) is 7.63. The molecule has 1 aromatic carbocycles. The van der Waals surface area contributed by atoms with Crippen molar-refractivity contribution in [2.45, 2.75) is 44.3 Å². The van der Waals surface area contributed by atoms with E-state index in [0.717, 1.165) is 25.2 Å². The molecule has 5 nitrogen and oxygen atoms in total. The summed E-state index contributed by atoms with van der Waals surface area (Å²) in [6.45, 7) is 3.67. The van der Waals surface area contributed by atoms with Crippen molar-refractivity contribution in [3.05, 3.63) is 23.8 Å². The SMILES string of the molecule is COc1cc(CN2CCCC2)ccc1OCC(O)CN1CCCC(F)(F)C1. The molecule has 0 aromatic heterocycles. The van der Waals surface area contributed by atoms with E-state index < -0.39 is 12.0 Å². The standard InChI is InChI=1S/C20H30F2N2O3/c1-26-19-11-16(12-23-8-2-3-9-23)5-6-18(19)27-14-17(25)13-24-10-4-7-20(21,22)15-24/h5-6,11,17,25H,2-4,7-10,12-15H2,1H3. The third-order valence-corrected chi connectivity index (χ3v) is 5.20. The number of methoxy groups -OCH3 is 1. The van der Waals surface area contributed by atoms with Crippen LogP contribution in [0.15, 0.2) is 18.2 Å². The van der Waals surface area contributed by atoms with Crippen molar-refractivity contribution in [3.8, 4) is 11.5 Å². The fourth-order valence-electron chi connectivity index (χ4n) is 3.87. The molecule has 2 heterocycles. The highest BCUT2D eigenvalue weighted by Crippen LogP contribution is 2.30. The van der Waals surface area contributed by atoms with E-state index in [1.807, 2.05) is 18.2 Å². The number of ether oxygens (including phenoxy) is 2. The van der Waals surface area contributed by atoms with E-state index in [2.05, 4.69) is 4.90 Å². The van der Waals surface area contributed by atoms with Gasteiger partial charge in [0.25, 0.3) is 5.92 Å². The molecule has 2 aliphatic rings. The first-order valence-corrected chi connectivity index (χ1v) is 9.75. The molecule has 27 heavy (non-hydrogen) atoms. The maximum absolute atomic E-state index is 13.5. The van der Waals surface area contributed by atoms with Gasteiger partial charge in [-0.3, -0.25) is 9.80 Å². The van der Waals surface area contributed by atoms with Gasteiger partial charge in [0.1, 0.15) is 12.7 Å². The molecule has 3 rings (SSSR count). The number of aliphatic hydroxyl groups is 1. The van der Waals surface area contributed by atoms with Gasteiger partial charge in [-0.2, -0.15) is 0 Å². The Morgan fingerprint density at radius 2 is 1.85 bits per heavy atom. The zero-order valence-corrected chi connectivity index (χ0v) is 16.0. The second kappa shape index (κ2) is 9.17.